The maximum absolute atomic E-state index is 12.5. The van der Waals surface area contributed by atoms with Crippen molar-refractivity contribution in [3.05, 3.63) is 29.3 Å². The van der Waals surface area contributed by atoms with E-state index in [1.807, 2.05) is 0 Å². The lowest BCUT2D eigenvalue weighted by molar-refractivity contribution is -0.196. The molecule has 2 N–H and O–H groups in total. The highest BCUT2D eigenvalue weighted by atomic mass is 35.5. The highest BCUT2D eigenvalue weighted by Crippen LogP contribution is 2.28. The Balaban J connectivity index is 2.76. The van der Waals surface area contributed by atoms with Crippen LogP contribution in [-0.4, -0.2) is 18.8 Å². The zero-order valence-electron chi connectivity index (χ0n) is 8.30. The number of benzene rings is 1. The van der Waals surface area contributed by atoms with Gasteiger partial charge in [0.05, 0.1) is 0 Å². The van der Waals surface area contributed by atoms with Gasteiger partial charge in [-0.2, -0.15) is 13.2 Å². The Morgan fingerprint density at radius 3 is 2.56 bits per heavy atom. The fourth-order valence-corrected chi connectivity index (χ4v) is 1.33. The summed E-state index contributed by atoms with van der Waals surface area (Å²) in [5.74, 6) is 0.0864. The van der Waals surface area contributed by atoms with Gasteiger partial charge < -0.3 is 10.5 Å². The molecule has 1 aromatic carbocycles. The molecular weight excluding hydrogens is 243 g/mol. The Labute approximate surface area is 96.1 Å². The van der Waals surface area contributed by atoms with E-state index < -0.39 is 12.3 Å². The van der Waals surface area contributed by atoms with Crippen LogP contribution in [0.15, 0.2) is 24.3 Å². The van der Waals surface area contributed by atoms with Crippen LogP contribution in [0.3, 0.4) is 0 Å². The van der Waals surface area contributed by atoms with Gasteiger partial charge in [-0.25, -0.2) is 0 Å². The first-order chi connectivity index (χ1) is 7.43. The molecule has 0 bridgehead atoms. The number of hydrogen-bond donors (Lipinski definition) is 1. The molecule has 0 heterocycles. The molecule has 90 valence electrons. The number of ether oxygens (including phenoxy) is 1. The van der Waals surface area contributed by atoms with Gasteiger partial charge in [0.2, 0.25) is 0 Å². The Morgan fingerprint density at radius 1 is 1.38 bits per heavy atom. The molecule has 0 amide bonds. The van der Waals surface area contributed by atoms with Gasteiger partial charge in [0.15, 0.2) is 6.10 Å². The molecule has 0 fully saturated rings. The highest BCUT2D eigenvalue weighted by molar-refractivity contribution is 6.30. The molecule has 0 aliphatic heterocycles. The van der Waals surface area contributed by atoms with Gasteiger partial charge in [-0.05, 0) is 24.7 Å². The third-order valence-electron chi connectivity index (χ3n) is 1.87. The number of alkyl halides is 3. The van der Waals surface area contributed by atoms with Crippen LogP contribution >= 0.6 is 11.6 Å². The van der Waals surface area contributed by atoms with E-state index in [9.17, 15) is 13.2 Å². The van der Waals surface area contributed by atoms with E-state index in [1.165, 1.54) is 18.2 Å². The van der Waals surface area contributed by atoms with Gasteiger partial charge in [-0.3, -0.25) is 0 Å². The van der Waals surface area contributed by atoms with Crippen molar-refractivity contribution < 1.29 is 17.9 Å². The number of rotatable bonds is 4. The van der Waals surface area contributed by atoms with Crippen molar-refractivity contribution in [1.29, 1.82) is 0 Å². The molecule has 1 atom stereocenters. The van der Waals surface area contributed by atoms with Gasteiger partial charge in [-0.15, -0.1) is 0 Å². The van der Waals surface area contributed by atoms with Crippen molar-refractivity contribution in [1.82, 2.24) is 0 Å². The minimum Gasteiger partial charge on any atom is -0.481 e. The summed E-state index contributed by atoms with van der Waals surface area (Å²) in [5.41, 5.74) is 5.10. The van der Waals surface area contributed by atoms with Crippen molar-refractivity contribution in [2.45, 2.75) is 18.7 Å². The van der Waals surface area contributed by atoms with Crippen LogP contribution in [0.4, 0.5) is 13.2 Å². The number of halogens is 4. The van der Waals surface area contributed by atoms with Gasteiger partial charge in [0, 0.05) is 11.4 Å². The second kappa shape index (κ2) is 5.41. The Bertz CT molecular complexity index is 343. The summed E-state index contributed by atoms with van der Waals surface area (Å²) in [4.78, 5) is 0. The highest BCUT2D eigenvalue weighted by Gasteiger charge is 2.41. The second-order valence-electron chi connectivity index (χ2n) is 3.18. The molecule has 0 saturated carbocycles. The van der Waals surface area contributed by atoms with Crippen LogP contribution in [0.2, 0.25) is 5.02 Å². The SMILES string of the molecule is NCCC(Oc1cccc(Cl)c1)C(F)(F)F. The van der Waals surface area contributed by atoms with E-state index in [-0.39, 0.29) is 18.7 Å². The average Bonchev–Trinajstić information content (AvgIpc) is 2.16. The molecule has 6 heteroatoms. The van der Waals surface area contributed by atoms with E-state index in [4.69, 9.17) is 22.1 Å². The van der Waals surface area contributed by atoms with Crippen molar-refractivity contribution in [2.75, 3.05) is 6.54 Å². The molecule has 1 rings (SSSR count). The van der Waals surface area contributed by atoms with Crippen LogP contribution in [-0.2, 0) is 0 Å². The predicted octanol–water partition coefficient (Wildman–Crippen LogP) is 3.00. The molecule has 0 radical (unpaired) electrons. The van der Waals surface area contributed by atoms with Crippen LogP contribution < -0.4 is 10.5 Å². The smallest absolute Gasteiger partial charge is 0.425 e. The van der Waals surface area contributed by atoms with Crippen molar-refractivity contribution in [2.24, 2.45) is 5.73 Å². The first-order valence-corrected chi connectivity index (χ1v) is 5.00. The van der Waals surface area contributed by atoms with Crippen molar-refractivity contribution in [3.63, 3.8) is 0 Å². The molecule has 0 spiro atoms. The molecule has 2 nitrogen and oxygen atoms in total. The lowest BCUT2D eigenvalue weighted by atomic mass is 10.2. The number of nitrogens with two attached hydrogens (primary N) is 1. The molecule has 1 unspecified atom stereocenters. The van der Waals surface area contributed by atoms with Crippen LogP contribution in [0.5, 0.6) is 5.75 Å². The third kappa shape index (κ3) is 3.90. The monoisotopic (exact) mass is 253 g/mol. The van der Waals surface area contributed by atoms with E-state index in [2.05, 4.69) is 0 Å². The summed E-state index contributed by atoms with van der Waals surface area (Å²) < 4.78 is 42.2. The Kier molecular flexibility index (Phi) is 4.44. The summed E-state index contributed by atoms with van der Waals surface area (Å²) in [6.07, 6.45) is -6.60. The van der Waals surface area contributed by atoms with Gasteiger partial charge in [0.1, 0.15) is 5.75 Å². The minimum atomic E-state index is -4.43. The lowest BCUT2D eigenvalue weighted by Gasteiger charge is -2.21. The quantitative estimate of drug-likeness (QED) is 0.895. The maximum Gasteiger partial charge on any atom is 0.425 e. The molecule has 0 aromatic heterocycles. The third-order valence-corrected chi connectivity index (χ3v) is 2.10. The summed E-state index contributed by atoms with van der Waals surface area (Å²) in [6, 6.07) is 5.82. The molecule has 16 heavy (non-hydrogen) atoms. The first kappa shape index (κ1) is 13.1. The zero-order valence-corrected chi connectivity index (χ0v) is 9.05. The molecule has 0 aliphatic carbocycles. The second-order valence-corrected chi connectivity index (χ2v) is 3.62. The summed E-state index contributed by atoms with van der Waals surface area (Å²) >= 11 is 5.63. The van der Waals surface area contributed by atoms with Gasteiger partial charge in [0.25, 0.3) is 0 Å². The molecule has 0 aliphatic rings. The molecule has 1 aromatic rings. The topological polar surface area (TPSA) is 35.2 Å². The number of hydrogen-bond acceptors (Lipinski definition) is 2. The van der Waals surface area contributed by atoms with Gasteiger partial charge in [-0.1, -0.05) is 17.7 Å². The standard InChI is InChI=1S/C10H11ClF3NO/c11-7-2-1-3-8(6-7)16-9(4-5-15)10(12,13)14/h1-3,6,9H,4-5,15H2. The maximum atomic E-state index is 12.5. The first-order valence-electron chi connectivity index (χ1n) is 4.62. The summed E-state index contributed by atoms with van der Waals surface area (Å²) in [7, 11) is 0. The lowest BCUT2D eigenvalue weighted by Crippen LogP contribution is -2.36. The zero-order chi connectivity index (χ0) is 12.2. The average molecular weight is 254 g/mol. The largest absolute Gasteiger partial charge is 0.481 e. The van der Waals surface area contributed by atoms with E-state index in [0.717, 1.165) is 0 Å². The van der Waals surface area contributed by atoms with E-state index in [0.29, 0.717) is 5.02 Å². The van der Waals surface area contributed by atoms with Crippen LogP contribution in [0, 0.1) is 0 Å². The Hall–Kier alpha value is -0.940. The van der Waals surface area contributed by atoms with Gasteiger partial charge >= 0.3 is 6.18 Å². The predicted molar refractivity (Wildman–Crippen MR) is 55.6 cm³/mol. The minimum absolute atomic E-state index is 0.0864. The Morgan fingerprint density at radius 2 is 2.06 bits per heavy atom. The normalized spacial score (nSPS) is 13.6. The fraction of sp³-hybridized carbons (Fsp3) is 0.400. The van der Waals surface area contributed by atoms with Crippen LogP contribution in [0.1, 0.15) is 6.42 Å². The summed E-state index contributed by atoms with van der Waals surface area (Å²) in [5, 5.41) is 0.325. The summed E-state index contributed by atoms with van der Waals surface area (Å²) in [6.45, 7) is -0.0925. The van der Waals surface area contributed by atoms with Crippen molar-refractivity contribution in [3.8, 4) is 5.75 Å². The van der Waals surface area contributed by atoms with E-state index in [1.54, 1.807) is 6.07 Å². The molecule has 0 saturated heterocycles. The van der Waals surface area contributed by atoms with Crippen molar-refractivity contribution >= 4 is 11.6 Å². The fourth-order valence-electron chi connectivity index (χ4n) is 1.15. The molecular formula is C10H11ClF3NO. The van der Waals surface area contributed by atoms with Crippen LogP contribution in [0.25, 0.3) is 0 Å². The van der Waals surface area contributed by atoms with E-state index >= 15 is 0 Å².